The molecule has 3 heteroatoms. The van der Waals surface area contributed by atoms with Crippen molar-refractivity contribution < 1.29 is 4.79 Å². The zero-order chi connectivity index (χ0) is 16.1. The Morgan fingerprint density at radius 1 is 0.909 bits per heavy atom. The summed E-state index contributed by atoms with van der Waals surface area (Å²) in [5.41, 5.74) is 6.70. The average Bonchev–Trinajstić information content (AvgIpc) is 2.47. The summed E-state index contributed by atoms with van der Waals surface area (Å²) in [6, 6.07) is 12.3. The SMILES string of the molecule is Cc1ccc(NCCC(=O)Nc2c(C)cccc2C)cc1C. The van der Waals surface area contributed by atoms with Crippen molar-refractivity contribution in [2.45, 2.75) is 34.1 Å². The largest absolute Gasteiger partial charge is 0.385 e. The van der Waals surface area contributed by atoms with Crippen LogP contribution in [0.5, 0.6) is 0 Å². The van der Waals surface area contributed by atoms with Crippen molar-refractivity contribution in [3.8, 4) is 0 Å². The van der Waals surface area contributed by atoms with E-state index in [-0.39, 0.29) is 5.91 Å². The molecule has 0 aliphatic rings. The standard InChI is InChI=1S/C19H24N2O/c1-13-8-9-17(12-16(13)4)20-11-10-18(22)21-19-14(2)6-5-7-15(19)3/h5-9,12,20H,10-11H2,1-4H3,(H,21,22). The molecule has 0 aromatic heterocycles. The van der Waals surface area contributed by atoms with Crippen molar-refractivity contribution in [1.82, 2.24) is 0 Å². The van der Waals surface area contributed by atoms with Gasteiger partial charge in [0.25, 0.3) is 0 Å². The molecule has 0 spiro atoms. The number of amides is 1. The highest BCUT2D eigenvalue weighted by atomic mass is 16.1. The van der Waals surface area contributed by atoms with Crippen LogP contribution >= 0.6 is 0 Å². The molecule has 2 aromatic rings. The molecule has 22 heavy (non-hydrogen) atoms. The summed E-state index contributed by atoms with van der Waals surface area (Å²) in [6.45, 7) is 8.83. The van der Waals surface area contributed by atoms with Crippen LogP contribution in [0.4, 0.5) is 11.4 Å². The third-order valence-electron chi connectivity index (χ3n) is 3.93. The smallest absolute Gasteiger partial charge is 0.226 e. The number of hydrogen-bond donors (Lipinski definition) is 2. The third-order valence-corrected chi connectivity index (χ3v) is 3.93. The first kappa shape index (κ1) is 16.1. The maximum absolute atomic E-state index is 12.1. The highest BCUT2D eigenvalue weighted by Crippen LogP contribution is 2.19. The van der Waals surface area contributed by atoms with Gasteiger partial charge in [-0.25, -0.2) is 0 Å². The van der Waals surface area contributed by atoms with Gasteiger partial charge in [0.2, 0.25) is 5.91 Å². The number of benzene rings is 2. The Morgan fingerprint density at radius 2 is 1.59 bits per heavy atom. The molecule has 0 heterocycles. The molecule has 0 aliphatic carbocycles. The van der Waals surface area contributed by atoms with Gasteiger partial charge in [-0.2, -0.15) is 0 Å². The molecule has 1 amide bonds. The number of aryl methyl sites for hydroxylation is 4. The summed E-state index contributed by atoms with van der Waals surface area (Å²) < 4.78 is 0. The van der Waals surface area contributed by atoms with Gasteiger partial charge in [0.1, 0.15) is 0 Å². The van der Waals surface area contributed by atoms with E-state index in [1.807, 2.05) is 38.1 Å². The minimum atomic E-state index is 0.0359. The third kappa shape index (κ3) is 4.10. The van der Waals surface area contributed by atoms with Crippen molar-refractivity contribution in [1.29, 1.82) is 0 Å². The number of para-hydroxylation sites is 1. The molecule has 0 bridgehead atoms. The van der Waals surface area contributed by atoms with Gasteiger partial charge in [0.05, 0.1) is 0 Å². The van der Waals surface area contributed by atoms with Gasteiger partial charge >= 0.3 is 0 Å². The van der Waals surface area contributed by atoms with E-state index < -0.39 is 0 Å². The van der Waals surface area contributed by atoms with E-state index in [4.69, 9.17) is 0 Å². The second kappa shape index (κ2) is 7.12. The number of nitrogens with one attached hydrogen (secondary N) is 2. The zero-order valence-corrected chi connectivity index (χ0v) is 13.8. The summed E-state index contributed by atoms with van der Waals surface area (Å²) in [4.78, 5) is 12.1. The van der Waals surface area contributed by atoms with Gasteiger partial charge in [0.15, 0.2) is 0 Å². The van der Waals surface area contributed by atoms with E-state index >= 15 is 0 Å². The molecule has 0 unspecified atom stereocenters. The van der Waals surface area contributed by atoms with Crippen LogP contribution in [-0.4, -0.2) is 12.5 Å². The maximum atomic E-state index is 12.1. The Kier molecular flexibility index (Phi) is 5.21. The van der Waals surface area contributed by atoms with E-state index in [1.54, 1.807) is 0 Å². The van der Waals surface area contributed by atoms with Crippen molar-refractivity contribution in [3.05, 3.63) is 58.7 Å². The lowest BCUT2D eigenvalue weighted by Crippen LogP contribution is -2.17. The Bertz CT molecular complexity index is 657. The first-order valence-corrected chi connectivity index (χ1v) is 7.64. The summed E-state index contributed by atoms with van der Waals surface area (Å²) in [5, 5.41) is 6.30. The van der Waals surface area contributed by atoms with Crippen LogP contribution in [0.25, 0.3) is 0 Å². The molecule has 116 valence electrons. The van der Waals surface area contributed by atoms with E-state index in [1.165, 1.54) is 11.1 Å². The van der Waals surface area contributed by atoms with Crippen molar-refractivity contribution in [2.75, 3.05) is 17.2 Å². The van der Waals surface area contributed by atoms with E-state index in [0.717, 1.165) is 22.5 Å². The summed E-state index contributed by atoms with van der Waals surface area (Å²) in [6.07, 6.45) is 0.445. The predicted molar refractivity (Wildman–Crippen MR) is 93.6 cm³/mol. The lowest BCUT2D eigenvalue weighted by Gasteiger charge is -2.12. The molecule has 2 rings (SSSR count). The first-order valence-electron chi connectivity index (χ1n) is 7.64. The second-order valence-electron chi connectivity index (χ2n) is 5.79. The minimum Gasteiger partial charge on any atom is -0.385 e. The van der Waals surface area contributed by atoms with E-state index in [0.29, 0.717) is 13.0 Å². The molecule has 2 aromatic carbocycles. The quantitative estimate of drug-likeness (QED) is 0.860. The zero-order valence-electron chi connectivity index (χ0n) is 13.8. The predicted octanol–water partition coefficient (Wildman–Crippen LogP) is 4.36. The Hall–Kier alpha value is -2.29. The van der Waals surface area contributed by atoms with Gasteiger partial charge in [-0.1, -0.05) is 24.3 Å². The molecule has 0 aliphatic heterocycles. The van der Waals surface area contributed by atoms with Crippen LogP contribution in [-0.2, 0) is 4.79 Å². The highest BCUT2D eigenvalue weighted by molar-refractivity contribution is 5.92. The fraction of sp³-hybridized carbons (Fsp3) is 0.316. The lowest BCUT2D eigenvalue weighted by molar-refractivity contribution is -0.115. The number of carbonyl (C=O) groups is 1. The van der Waals surface area contributed by atoms with Crippen LogP contribution in [0, 0.1) is 27.7 Å². The molecule has 0 radical (unpaired) electrons. The molecular formula is C19H24N2O. The maximum Gasteiger partial charge on any atom is 0.226 e. The van der Waals surface area contributed by atoms with Gasteiger partial charge in [0, 0.05) is 24.3 Å². The number of hydrogen-bond acceptors (Lipinski definition) is 2. The molecule has 0 saturated carbocycles. The Labute approximate surface area is 132 Å². The Morgan fingerprint density at radius 3 is 2.23 bits per heavy atom. The van der Waals surface area contributed by atoms with E-state index in [9.17, 15) is 4.79 Å². The average molecular weight is 296 g/mol. The summed E-state index contributed by atoms with van der Waals surface area (Å²) in [7, 11) is 0. The number of carbonyl (C=O) groups excluding carboxylic acids is 1. The normalized spacial score (nSPS) is 10.4. The fourth-order valence-electron chi connectivity index (χ4n) is 2.39. The van der Waals surface area contributed by atoms with Crippen LogP contribution in [0.1, 0.15) is 28.7 Å². The molecule has 2 N–H and O–H groups in total. The molecule has 0 saturated heterocycles. The van der Waals surface area contributed by atoms with Crippen LogP contribution in [0.3, 0.4) is 0 Å². The van der Waals surface area contributed by atoms with Gasteiger partial charge in [-0.15, -0.1) is 0 Å². The molecule has 0 atom stereocenters. The van der Waals surface area contributed by atoms with Crippen LogP contribution < -0.4 is 10.6 Å². The van der Waals surface area contributed by atoms with Crippen molar-refractivity contribution in [3.63, 3.8) is 0 Å². The summed E-state index contributed by atoms with van der Waals surface area (Å²) in [5.74, 6) is 0.0359. The highest BCUT2D eigenvalue weighted by Gasteiger charge is 2.07. The first-order chi connectivity index (χ1) is 10.5. The number of anilines is 2. The molecular weight excluding hydrogens is 272 g/mol. The topological polar surface area (TPSA) is 41.1 Å². The van der Waals surface area contributed by atoms with Crippen LogP contribution in [0.2, 0.25) is 0 Å². The van der Waals surface area contributed by atoms with E-state index in [2.05, 4.69) is 36.6 Å². The number of rotatable bonds is 5. The van der Waals surface area contributed by atoms with Crippen LogP contribution in [0.15, 0.2) is 36.4 Å². The second-order valence-corrected chi connectivity index (χ2v) is 5.79. The molecule has 3 nitrogen and oxygen atoms in total. The molecule has 0 fully saturated rings. The fourth-order valence-corrected chi connectivity index (χ4v) is 2.39. The summed E-state index contributed by atoms with van der Waals surface area (Å²) >= 11 is 0. The van der Waals surface area contributed by atoms with Crippen molar-refractivity contribution >= 4 is 17.3 Å². The Balaban J connectivity index is 1.86. The van der Waals surface area contributed by atoms with Crippen molar-refractivity contribution in [2.24, 2.45) is 0 Å². The van der Waals surface area contributed by atoms with Gasteiger partial charge in [-0.05, 0) is 62.1 Å². The van der Waals surface area contributed by atoms with Gasteiger partial charge < -0.3 is 10.6 Å². The monoisotopic (exact) mass is 296 g/mol. The van der Waals surface area contributed by atoms with Gasteiger partial charge in [-0.3, -0.25) is 4.79 Å². The lowest BCUT2D eigenvalue weighted by atomic mass is 10.1. The minimum absolute atomic E-state index is 0.0359.